The van der Waals surface area contributed by atoms with Crippen LogP contribution in [0.4, 0.5) is 0 Å². The van der Waals surface area contributed by atoms with E-state index in [1.54, 1.807) is 0 Å². The third-order valence-electron chi connectivity index (χ3n) is 2.03. The highest BCUT2D eigenvalue weighted by atomic mass is 15.1. The topological polar surface area (TPSA) is 17.8 Å². The smallest absolute Gasteiger partial charge is 0.113 e. The van der Waals surface area contributed by atoms with Gasteiger partial charge in [0.15, 0.2) is 0 Å². The highest BCUT2D eigenvalue weighted by molar-refractivity contribution is 5.35. The molecule has 2 heteroatoms. The number of allylic oxidation sites excluding steroid dienone is 1. The number of nitrogens with zero attached hydrogens (tertiary/aromatic N) is 2. The van der Waals surface area contributed by atoms with E-state index in [1.165, 1.54) is 11.4 Å². The Bertz CT molecular complexity index is 308. The number of fused-ring (bicyclic) bond motifs is 1. The zero-order chi connectivity index (χ0) is 9.84. The minimum Gasteiger partial charge on any atom is -0.310 e. The predicted molar refractivity (Wildman–Crippen MR) is 56.6 cm³/mol. The highest BCUT2D eigenvalue weighted by Crippen LogP contribution is 2.16. The van der Waals surface area contributed by atoms with Gasteiger partial charge in [-0.3, -0.25) is 0 Å². The normalized spacial score (nSPS) is 14.0. The molecule has 0 N–H and O–H groups in total. The summed E-state index contributed by atoms with van der Waals surface area (Å²) < 4.78 is 2.13. The van der Waals surface area contributed by atoms with E-state index in [9.17, 15) is 0 Å². The largest absolute Gasteiger partial charge is 0.310 e. The van der Waals surface area contributed by atoms with Crippen molar-refractivity contribution in [1.82, 2.24) is 9.55 Å². The second-order valence-corrected chi connectivity index (χ2v) is 3.18. The van der Waals surface area contributed by atoms with Gasteiger partial charge < -0.3 is 4.57 Å². The fourth-order valence-electron chi connectivity index (χ4n) is 1.47. The number of rotatable bonds is 0. The van der Waals surface area contributed by atoms with Crippen LogP contribution in [0.15, 0.2) is 11.8 Å². The summed E-state index contributed by atoms with van der Waals surface area (Å²) in [6.45, 7) is 8.20. The molecule has 0 unspecified atom stereocenters. The van der Waals surface area contributed by atoms with Crippen LogP contribution in [0.2, 0.25) is 0 Å². The van der Waals surface area contributed by atoms with Gasteiger partial charge in [-0.05, 0) is 20.3 Å². The average Bonchev–Trinajstić information content (AvgIpc) is 2.48. The van der Waals surface area contributed by atoms with Crippen LogP contribution in [0.5, 0.6) is 0 Å². The molecule has 0 atom stereocenters. The molecule has 1 aromatic rings. The standard InChI is InChI=1S/C9H12N2.C2H6/c1-7-3-4-9-10-8(2)6-11(9)5-7;1-2/h5-6H,3-4H2,1-2H3;1-2H3. The molecule has 0 saturated heterocycles. The molecule has 0 bridgehead atoms. The molecular weight excluding hydrogens is 160 g/mol. The van der Waals surface area contributed by atoms with Crippen molar-refractivity contribution >= 4 is 6.20 Å². The van der Waals surface area contributed by atoms with Crippen LogP contribution in [0.25, 0.3) is 6.20 Å². The minimum atomic E-state index is 1.09. The molecule has 1 aromatic heterocycles. The van der Waals surface area contributed by atoms with Crippen molar-refractivity contribution in [2.75, 3.05) is 0 Å². The van der Waals surface area contributed by atoms with E-state index in [4.69, 9.17) is 0 Å². The Morgan fingerprint density at radius 1 is 1.23 bits per heavy atom. The Labute approximate surface area is 80.3 Å². The van der Waals surface area contributed by atoms with Crippen molar-refractivity contribution in [3.63, 3.8) is 0 Å². The molecular formula is C11H18N2. The summed E-state index contributed by atoms with van der Waals surface area (Å²) in [5.41, 5.74) is 2.56. The number of imidazole rings is 1. The average molecular weight is 178 g/mol. The number of aryl methyl sites for hydroxylation is 2. The fourth-order valence-corrected chi connectivity index (χ4v) is 1.47. The van der Waals surface area contributed by atoms with Crippen molar-refractivity contribution < 1.29 is 0 Å². The molecule has 0 saturated carbocycles. The molecule has 2 nitrogen and oxygen atoms in total. The van der Waals surface area contributed by atoms with Crippen LogP contribution in [0, 0.1) is 6.92 Å². The second-order valence-electron chi connectivity index (χ2n) is 3.18. The summed E-state index contributed by atoms with van der Waals surface area (Å²) in [6.07, 6.45) is 6.50. The van der Waals surface area contributed by atoms with Gasteiger partial charge in [-0.1, -0.05) is 19.4 Å². The molecule has 0 aliphatic carbocycles. The molecule has 0 radical (unpaired) electrons. The van der Waals surface area contributed by atoms with Crippen molar-refractivity contribution in [2.24, 2.45) is 0 Å². The van der Waals surface area contributed by atoms with Crippen molar-refractivity contribution in [3.8, 4) is 0 Å². The Hall–Kier alpha value is -1.05. The summed E-state index contributed by atoms with van der Waals surface area (Å²) in [5, 5.41) is 0. The van der Waals surface area contributed by atoms with E-state index in [2.05, 4.69) is 28.9 Å². The molecule has 72 valence electrons. The second kappa shape index (κ2) is 4.26. The first-order valence-corrected chi connectivity index (χ1v) is 4.97. The van der Waals surface area contributed by atoms with Gasteiger partial charge in [0, 0.05) is 18.8 Å². The van der Waals surface area contributed by atoms with Gasteiger partial charge in [-0.25, -0.2) is 4.98 Å². The van der Waals surface area contributed by atoms with Gasteiger partial charge in [0.25, 0.3) is 0 Å². The van der Waals surface area contributed by atoms with Crippen molar-refractivity contribution in [1.29, 1.82) is 0 Å². The number of aromatic nitrogens is 2. The molecule has 13 heavy (non-hydrogen) atoms. The van der Waals surface area contributed by atoms with Gasteiger partial charge in [0.05, 0.1) is 5.69 Å². The van der Waals surface area contributed by atoms with Crippen LogP contribution in [0.1, 0.15) is 38.7 Å². The maximum absolute atomic E-state index is 4.40. The van der Waals surface area contributed by atoms with E-state index in [0.717, 1.165) is 18.5 Å². The lowest BCUT2D eigenvalue weighted by Crippen LogP contribution is -2.02. The van der Waals surface area contributed by atoms with E-state index < -0.39 is 0 Å². The Balaban J connectivity index is 0.000000396. The lowest BCUT2D eigenvalue weighted by molar-refractivity contribution is 0.803. The molecule has 0 aromatic carbocycles. The van der Waals surface area contributed by atoms with E-state index in [-0.39, 0.29) is 0 Å². The first-order valence-electron chi connectivity index (χ1n) is 4.97. The van der Waals surface area contributed by atoms with E-state index >= 15 is 0 Å². The van der Waals surface area contributed by atoms with Gasteiger partial charge in [-0.2, -0.15) is 0 Å². The third kappa shape index (κ3) is 2.20. The first-order chi connectivity index (χ1) is 6.25. The van der Waals surface area contributed by atoms with E-state index in [1.807, 2.05) is 20.8 Å². The maximum atomic E-state index is 4.40. The summed E-state index contributed by atoms with van der Waals surface area (Å²) in [5.74, 6) is 1.20. The zero-order valence-corrected chi connectivity index (χ0v) is 8.96. The third-order valence-corrected chi connectivity index (χ3v) is 2.03. The van der Waals surface area contributed by atoms with Gasteiger partial charge in [0.2, 0.25) is 0 Å². The monoisotopic (exact) mass is 178 g/mol. The van der Waals surface area contributed by atoms with Crippen LogP contribution >= 0.6 is 0 Å². The molecule has 1 aliphatic heterocycles. The molecule has 0 amide bonds. The van der Waals surface area contributed by atoms with Crippen molar-refractivity contribution in [3.05, 3.63) is 23.3 Å². The Morgan fingerprint density at radius 3 is 2.62 bits per heavy atom. The summed E-state index contributed by atoms with van der Waals surface area (Å²) >= 11 is 0. The summed E-state index contributed by atoms with van der Waals surface area (Å²) in [6, 6.07) is 0. The first kappa shape index (κ1) is 10.0. The van der Waals surface area contributed by atoms with Crippen LogP contribution in [-0.2, 0) is 6.42 Å². The molecule has 2 rings (SSSR count). The number of hydrogen-bond acceptors (Lipinski definition) is 1. The Kier molecular flexibility index (Phi) is 3.29. The lowest BCUT2D eigenvalue weighted by Gasteiger charge is -2.10. The lowest BCUT2D eigenvalue weighted by atomic mass is 10.1. The summed E-state index contributed by atoms with van der Waals surface area (Å²) in [4.78, 5) is 4.40. The molecule has 0 spiro atoms. The molecule has 1 aliphatic rings. The van der Waals surface area contributed by atoms with Crippen LogP contribution in [-0.4, -0.2) is 9.55 Å². The molecule has 2 heterocycles. The maximum Gasteiger partial charge on any atom is 0.113 e. The van der Waals surface area contributed by atoms with Crippen LogP contribution in [0.3, 0.4) is 0 Å². The SMILES string of the molecule is CC.CC1=Cn2cc(C)nc2CC1. The van der Waals surface area contributed by atoms with E-state index in [0.29, 0.717) is 0 Å². The Morgan fingerprint density at radius 2 is 1.92 bits per heavy atom. The quantitative estimate of drug-likeness (QED) is 0.597. The van der Waals surface area contributed by atoms with Crippen molar-refractivity contribution in [2.45, 2.75) is 40.5 Å². The number of hydrogen-bond donors (Lipinski definition) is 0. The minimum absolute atomic E-state index is 1.09. The fraction of sp³-hybridized carbons (Fsp3) is 0.545. The van der Waals surface area contributed by atoms with Crippen LogP contribution < -0.4 is 0 Å². The van der Waals surface area contributed by atoms with Gasteiger partial charge in [-0.15, -0.1) is 0 Å². The zero-order valence-electron chi connectivity index (χ0n) is 8.96. The molecule has 0 fully saturated rings. The van der Waals surface area contributed by atoms with Gasteiger partial charge >= 0.3 is 0 Å². The highest BCUT2D eigenvalue weighted by Gasteiger charge is 2.08. The summed E-state index contributed by atoms with van der Waals surface area (Å²) in [7, 11) is 0. The predicted octanol–water partition coefficient (Wildman–Crippen LogP) is 3.02. The van der Waals surface area contributed by atoms with Gasteiger partial charge in [0.1, 0.15) is 5.82 Å².